The number of ether oxygens (including phenoxy) is 1. The lowest BCUT2D eigenvalue weighted by molar-refractivity contribution is -0.00261. The van der Waals surface area contributed by atoms with Gasteiger partial charge < -0.3 is 10.1 Å². The van der Waals surface area contributed by atoms with Crippen molar-refractivity contribution in [2.24, 2.45) is 0 Å². The number of nitrogens with one attached hydrogen (secondary N) is 1. The molecule has 0 saturated carbocycles. The molecule has 2 aromatic rings. The molecule has 1 fully saturated rings. The summed E-state index contributed by atoms with van der Waals surface area (Å²) in [6.45, 7) is 2.42. The van der Waals surface area contributed by atoms with Crippen molar-refractivity contribution < 1.29 is 4.74 Å². The predicted molar refractivity (Wildman–Crippen MR) is 65.9 cm³/mol. The standard InChI is InChI=1S/C13H14N4O/c1-2-4-9(5-3-1)13-11-8-18-12-7-14-6-10(12)17(11)16-15-13/h1-5,10,12,14H,6-8H2/t10-,12-/m1/s1. The molecule has 0 radical (unpaired) electrons. The van der Waals surface area contributed by atoms with Gasteiger partial charge >= 0.3 is 0 Å². The van der Waals surface area contributed by atoms with Crippen LogP contribution in [0.25, 0.3) is 11.3 Å². The third-order valence-corrected chi connectivity index (χ3v) is 3.71. The number of benzene rings is 1. The van der Waals surface area contributed by atoms with Crippen LogP contribution in [0.4, 0.5) is 0 Å². The van der Waals surface area contributed by atoms with E-state index in [2.05, 4.69) is 27.8 Å². The highest BCUT2D eigenvalue weighted by Gasteiger charge is 2.36. The Bertz CT molecular complexity index is 566. The molecule has 0 unspecified atom stereocenters. The van der Waals surface area contributed by atoms with Crippen molar-refractivity contribution in [3.8, 4) is 11.3 Å². The molecule has 0 spiro atoms. The van der Waals surface area contributed by atoms with Crippen molar-refractivity contribution in [3.63, 3.8) is 0 Å². The first kappa shape index (κ1) is 10.2. The fourth-order valence-electron chi connectivity index (χ4n) is 2.78. The third-order valence-electron chi connectivity index (χ3n) is 3.71. The molecule has 4 rings (SSSR count). The normalized spacial score (nSPS) is 25.8. The highest BCUT2D eigenvalue weighted by Crippen LogP contribution is 2.31. The molecule has 0 aliphatic carbocycles. The van der Waals surface area contributed by atoms with E-state index in [1.54, 1.807) is 0 Å². The lowest BCUT2D eigenvalue weighted by Gasteiger charge is -2.26. The quantitative estimate of drug-likeness (QED) is 0.810. The van der Waals surface area contributed by atoms with E-state index in [0.29, 0.717) is 12.6 Å². The van der Waals surface area contributed by atoms with Crippen molar-refractivity contribution in [3.05, 3.63) is 36.0 Å². The summed E-state index contributed by atoms with van der Waals surface area (Å²) >= 11 is 0. The molecule has 0 bridgehead atoms. The largest absolute Gasteiger partial charge is 0.368 e. The Kier molecular flexibility index (Phi) is 2.21. The van der Waals surface area contributed by atoms with Crippen molar-refractivity contribution in [2.75, 3.05) is 13.1 Å². The Morgan fingerprint density at radius 1 is 1.22 bits per heavy atom. The molecular weight excluding hydrogens is 228 g/mol. The third kappa shape index (κ3) is 1.41. The van der Waals surface area contributed by atoms with E-state index in [9.17, 15) is 0 Å². The first-order chi connectivity index (χ1) is 8.93. The van der Waals surface area contributed by atoms with Gasteiger partial charge in [-0.1, -0.05) is 35.5 Å². The molecule has 5 heteroatoms. The summed E-state index contributed by atoms with van der Waals surface area (Å²) in [6.07, 6.45) is 0.239. The zero-order chi connectivity index (χ0) is 11.9. The molecule has 2 aliphatic rings. The van der Waals surface area contributed by atoms with E-state index in [1.807, 2.05) is 22.9 Å². The van der Waals surface area contributed by atoms with E-state index in [1.165, 1.54) is 0 Å². The molecule has 2 atom stereocenters. The smallest absolute Gasteiger partial charge is 0.118 e. The van der Waals surface area contributed by atoms with Gasteiger partial charge in [0.25, 0.3) is 0 Å². The van der Waals surface area contributed by atoms with Crippen LogP contribution in [-0.2, 0) is 11.3 Å². The summed E-state index contributed by atoms with van der Waals surface area (Å²) in [4.78, 5) is 0. The van der Waals surface area contributed by atoms with Gasteiger partial charge in [-0.05, 0) is 0 Å². The average molecular weight is 242 g/mol. The average Bonchev–Trinajstić information content (AvgIpc) is 3.05. The molecule has 1 N–H and O–H groups in total. The van der Waals surface area contributed by atoms with Gasteiger partial charge in [0.05, 0.1) is 24.4 Å². The summed E-state index contributed by atoms with van der Waals surface area (Å²) in [5, 5.41) is 12.0. The molecule has 1 saturated heterocycles. The van der Waals surface area contributed by atoms with Gasteiger partial charge in [-0.25, -0.2) is 4.68 Å². The van der Waals surface area contributed by atoms with Gasteiger partial charge in [-0.15, -0.1) is 5.10 Å². The maximum atomic E-state index is 5.89. The Morgan fingerprint density at radius 3 is 3.00 bits per heavy atom. The summed E-state index contributed by atoms with van der Waals surface area (Å²) in [6, 6.07) is 10.5. The van der Waals surface area contributed by atoms with Gasteiger partial charge in [0.1, 0.15) is 5.69 Å². The Labute approximate surface area is 105 Å². The lowest BCUT2D eigenvalue weighted by atomic mass is 10.1. The molecule has 0 amide bonds. The van der Waals surface area contributed by atoms with Crippen molar-refractivity contribution in [2.45, 2.75) is 18.8 Å². The summed E-state index contributed by atoms with van der Waals surface area (Å²) in [7, 11) is 0. The van der Waals surface area contributed by atoms with Crippen LogP contribution in [0.3, 0.4) is 0 Å². The van der Waals surface area contributed by atoms with Crippen LogP contribution in [0.1, 0.15) is 11.7 Å². The SMILES string of the molecule is c1ccc(-c2nnn3c2CO[C@@H]2CNC[C@H]23)cc1. The zero-order valence-electron chi connectivity index (χ0n) is 9.91. The summed E-state index contributed by atoms with van der Waals surface area (Å²) in [5.41, 5.74) is 3.14. The minimum absolute atomic E-state index is 0.239. The van der Waals surface area contributed by atoms with E-state index in [0.717, 1.165) is 30.0 Å². The van der Waals surface area contributed by atoms with E-state index in [4.69, 9.17) is 4.74 Å². The van der Waals surface area contributed by atoms with Gasteiger partial charge in [0.2, 0.25) is 0 Å². The Morgan fingerprint density at radius 2 is 2.11 bits per heavy atom. The molecular formula is C13H14N4O. The van der Waals surface area contributed by atoms with E-state index >= 15 is 0 Å². The Hall–Kier alpha value is -1.72. The van der Waals surface area contributed by atoms with Crippen LogP contribution in [0.15, 0.2) is 30.3 Å². The molecule has 18 heavy (non-hydrogen) atoms. The second-order valence-corrected chi connectivity index (χ2v) is 4.77. The zero-order valence-corrected chi connectivity index (χ0v) is 9.91. The Balaban J connectivity index is 1.80. The van der Waals surface area contributed by atoms with Crippen LogP contribution in [0, 0.1) is 0 Å². The number of fused-ring (bicyclic) bond motifs is 3. The maximum Gasteiger partial charge on any atom is 0.118 e. The van der Waals surface area contributed by atoms with Crippen molar-refractivity contribution >= 4 is 0 Å². The van der Waals surface area contributed by atoms with Crippen LogP contribution in [0.5, 0.6) is 0 Å². The highest BCUT2D eigenvalue weighted by molar-refractivity contribution is 5.61. The number of aromatic nitrogens is 3. The lowest BCUT2D eigenvalue weighted by Crippen LogP contribution is -2.32. The maximum absolute atomic E-state index is 5.89. The number of hydrogen-bond donors (Lipinski definition) is 1. The van der Waals surface area contributed by atoms with Crippen molar-refractivity contribution in [1.82, 2.24) is 20.3 Å². The first-order valence-electron chi connectivity index (χ1n) is 6.25. The predicted octanol–water partition coefficient (Wildman–Crippen LogP) is 0.988. The van der Waals surface area contributed by atoms with Crippen molar-refractivity contribution in [1.29, 1.82) is 0 Å². The number of nitrogens with zero attached hydrogens (tertiary/aromatic N) is 3. The second-order valence-electron chi connectivity index (χ2n) is 4.77. The fourth-order valence-corrected chi connectivity index (χ4v) is 2.78. The molecule has 5 nitrogen and oxygen atoms in total. The first-order valence-corrected chi connectivity index (χ1v) is 6.25. The number of hydrogen-bond acceptors (Lipinski definition) is 4. The van der Waals surface area contributed by atoms with Gasteiger partial charge in [-0.3, -0.25) is 0 Å². The van der Waals surface area contributed by atoms with Gasteiger partial charge in [-0.2, -0.15) is 0 Å². The second kappa shape index (κ2) is 3.90. The molecule has 3 heterocycles. The minimum atomic E-state index is 0.239. The van der Waals surface area contributed by atoms with E-state index < -0.39 is 0 Å². The molecule has 2 aliphatic heterocycles. The fraction of sp³-hybridized carbons (Fsp3) is 0.385. The van der Waals surface area contributed by atoms with Crippen LogP contribution in [0.2, 0.25) is 0 Å². The minimum Gasteiger partial charge on any atom is -0.368 e. The summed E-state index contributed by atoms with van der Waals surface area (Å²) in [5.74, 6) is 0. The van der Waals surface area contributed by atoms with E-state index in [-0.39, 0.29) is 6.10 Å². The van der Waals surface area contributed by atoms with Crippen LogP contribution in [-0.4, -0.2) is 34.2 Å². The topological polar surface area (TPSA) is 52.0 Å². The van der Waals surface area contributed by atoms with Gasteiger partial charge in [0.15, 0.2) is 0 Å². The number of rotatable bonds is 1. The molecule has 1 aromatic carbocycles. The van der Waals surface area contributed by atoms with Gasteiger partial charge in [0, 0.05) is 18.7 Å². The monoisotopic (exact) mass is 242 g/mol. The molecule has 92 valence electrons. The molecule has 1 aromatic heterocycles. The van der Waals surface area contributed by atoms with Crippen LogP contribution >= 0.6 is 0 Å². The van der Waals surface area contributed by atoms with Crippen LogP contribution < -0.4 is 5.32 Å². The highest BCUT2D eigenvalue weighted by atomic mass is 16.5. The summed E-state index contributed by atoms with van der Waals surface area (Å²) < 4.78 is 7.92.